The molecule has 2 aromatic heterocycles. The summed E-state index contributed by atoms with van der Waals surface area (Å²) >= 11 is 0. The minimum Gasteiger partial charge on any atom is -0.316 e. The number of aromatic nitrogens is 4. The lowest BCUT2D eigenvalue weighted by molar-refractivity contribution is 0.712. The van der Waals surface area contributed by atoms with Crippen molar-refractivity contribution in [3.63, 3.8) is 0 Å². The maximum absolute atomic E-state index is 4.39. The van der Waals surface area contributed by atoms with Crippen LogP contribution in [0.25, 0.3) is 5.69 Å². The third-order valence-corrected chi connectivity index (χ3v) is 3.39. The van der Waals surface area contributed by atoms with Gasteiger partial charge in [0, 0.05) is 37.6 Å². The Bertz CT molecular complexity index is 519. The summed E-state index contributed by atoms with van der Waals surface area (Å²) < 4.78 is 4.02. The molecule has 1 unspecified atom stereocenters. The fourth-order valence-electron chi connectivity index (χ4n) is 2.54. The molecule has 17 heavy (non-hydrogen) atoms. The van der Waals surface area contributed by atoms with Gasteiger partial charge in [0.2, 0.25) is 0 Å². The molecular formula is C12H17N5. The quantitative estimate of drug-likeness (QED) is 0.838. The lowest BCUT2D eigenvalue weighted by atomic mass is 10.1. The van der Waals surface area contributed by atoms with E-state index in [-0.39, 0.29) is 0 Å². The van der Waals surface area contributed by atoms with Crippen LogP contribution in [0, 0.1) is 6.92 Å². The molecule has 3 rings (SSSR count). The monoisotopic (exact) mass is 231 g/mol. The summed E-state index contributed by atoms with van der Waals surface area (Å²) in [4.78, 5) is 4.29. The van der Waals surface area contributed by atoms with Crippen molar-refractivity contribution in [2.75, 3.05) is 13.1 Å². The number of hydrogen-bond donors (Lipinski definition) is 1. The van der Waals surface area contributed by atoms with Crippen LogP contribution in [-0.2, 0) is 7.05 Å². The molecule has 1 atom stereocenters. The Morgan fingerprint density at radius 1 is 1.47 bits per heavy atom. The van der Waals surface area contributed by atoms with E-state index < -0.39 is 0 Å². The van der Waals surface area contributed by atoms with Gasteiger partial charge in [-0.15, -0.1) is 0 Å². The lowest BCUT2D eigenvalue weighted by Crippen LogP contribution is -2.10. The van der Waals surface area contributed by atoms with Crippen LogP contribution in [0.4, 0.5) is 0 Å². The van der Waals surface area contributed by atoms with Gasteiger partial charge < -0.3 is 5.32 Å². The summed E-state index contributed by atoms with van der Waals surface area (Å²) in [5.41, 5.74) is 3.45. The van der Waals surface area contributed by atoms with Crippen LogP contribution in [-0.4, -0.2) is 32.4 Å². The van der Waals surface area contributed by atoms with E-state index in [4.69, 9.17) is 0 Å². The second kappa shape index (κ2) is 4.00. The van der Waals surface area contributed by atoms with Gasteiger partial charge in [-0.05, 0) is 19.9 Å². The van der Waals surface area contributed by atoms with Crippen LogP contribution < -0.4 is 5.32 Å². The topological polar surface area (TPSA) is 47.7 Å². The van der Waals surface area contributed by atoms with Crippen LogP contribution in [0.15, 0.2) is 18.7 Å². The summed E-state index contributed by atoms with van der Waals surface area (Å²) in [5.74, 6) is 0.567. The summed E-state index contributed by atoms with van der Waals surface area (Å²) in [6.45, 7) is 4.18. The third kappa shape index (κ3) is 1.76. The molecule has 1 saturated heterocycles. The Hall–Kier alpha value is -1.62. The zero-order chi connectivity index (χ0) is 11.8. The van der Waals surface area contributed by atoms with Crippen molar-refractivity contribution in [1.29, 1.82) is 0 Å². The molecule has 0 radical (unpaired) electrons. The molecule has 1 aliphatic rings. The van der Waals surface area contributed by atoms with E-state index in [1.54, 1.807) is 0 Å². The maximum Gasteiger partial charge on any atom is 0.0995 e. The molecule has 90 valence electrons. The van der Waals surface area contributed by atoms with Crippen molar-refractivity contribution in [3.8, 4) is 5.69 Å². The first-order chi connectivity index (χ1) is 8.25. The van der Waals surface area contributed by atoms with Gasteiger partial charge in [0.15, 0.2) is 0 Å². The van der Waals surface area contributed by atoms with E-state index in [0.29, 0.717) is 5.92 Å². The molecule has 0 spiro atoms. The molecule has 0 amide bonds. The van der Waals surface area contributed by atoms with Crippen LogP contribution in [0.2, 0.25) is 0 Å². The van der Waals surface area contributed by atoms with Crippen molar-refractivity contribution in [2.24, 2.45) is 7.05 Å². The number of nitrogens with zero attached hydrogens (tertiary/aromatic N) is 4. The van der Waals surface area contributed by atoms with E-state index in [9.17, 15) is 0 Å². The molecule has 0 bridgehead atoms. The van der Waals surface area contributed by atoms with E-state index in [1.807, 2.05) is 37.4 Å². The standard InChI is InChI=1S/C12H17N5/c1-9-12(7-16(2)15-9)17-8-14-6-11(17)10-3-4-13-5-10/h6-8,10,13H,3-5H2,1-2H3. The number of nitrogens with one attached hydrogen (secondary N) is 1. The van der Waals surface area contributed by atoms with E-state index in [1.165, 1.54) is 12.1 Å². The maximum atomic E-state index is 4.39. The number of imidazole rings is 1. The molecule has 1 N–H and O–H groups in total. The van der Waals surface area contributed by atoms with Gasteiger partial charge in [-0.25, -0.2) is 4.98 Å². The summed E-state index contributed by atoms with van der Waals surface area (Å²) in [7, 11) is 1.95. The number of hydrogen-bond acceptors (Lipinski definition) is 3. The highest BCUT2D eigenvalue weighted by Crippen LogP contribution is 2.25. The molecule has 3 heterocycles. The SMILES string of the molecule is Cc1nn(C)cc1-n1cncc1C1CCNC1. The smallest absolute Gasteiger partial charge is 0.0995 e. The average molecular weight is 231 g/mol. The number of aryl methyl sites for hydroxylation is 2. The fraction of sp³-hybridized carbons (Fsp3) is 0.500. The second-order valence-electron chi connectivity index (χ2n) is 4.65. The lowest BCUT2D eigenvalue weighted by Gasteiger charge is -2.11. The van der Waals surface area contributed by atoms with E-state index >= 15 is 0 Å². The molecular weight excluding hydrogens is 214 g/mol. The Kier molecular flexibility index (Phi) is 2.48. The number of rotatable bonds is 2. The Labute approximate surface area is 100 Å². The normalized spacial score (nSPS) is 20.0. The Morgan fingerprint density at radius 2 is 2.35 bits per heavy atom. The molecule has 0 saturated carbocycles. The Morgan fingerprint density at radius 3 is 3.00 bits per heavy atom. The molecule has 2 aromatic rings. The van der Waals surface area contributed by atoms with Crippen molar-refractivity contribution in [2.45, 2.75) is 19.3 Å². The van der Waals surface area contributed by atoms with Gasteiger partial charge >= 0.3 is 0 Å². The molecule has 1 fully saturated rings. The first-order valence-corrected chi connectivity index (χ1v) is 5.99. The van der Waals surface area contributed by atoms with Gasteiger partial charge in [0.05, 0.1) is 17.7 Å². The van der Waals surface area contributed by atoms with Crippen molar-refractivity contribution >= 4 is 0 Å². The van der Waals surface area contributed by atoms with Gasteiger partial charge in [-0.2, -0.15) is 5.10 Å². The van der Waals surface area contributed by atoms with Crippen LogP contribution in [0.5, 0.6) is 0 Å². The summed E-state index contributed by atoms with van der Waals surface area (Å²) in [5, 5.41) is 7.78. The highest BCUT2D eigenvalue weighted by molar-refractivity contribution is 5.36. The van der Waals surface area contributed by atoms with Crippen LogP contribution >= 0.6 is 0 Å². The highest BCUT2D eigenvalue weighted by Gasteiger charge is 2.21. The predicted octanol–water partition coefficient (Wildman–Crippen LogP) is 0.991. The minimum absolute atomic E-state index is 0.567. The highest BCUT2D eigenvalue weighted by atomic mass is 15.3. The minimum atomic E-state index is 0.567. The molecule has 5 heteroatoms. The predicted molar refractivity (Wildman–Crippen MR) is 65.3 cm³/mol. The fourth-order valence-corrected chi connectivity index (χ4v) is 2.54. The second-order valence-corrected chi connectivity index (χ2v) is 4.65. The third-order valence-electron chi connectivity index (χ3n) is 3.39. The van der Waals surface area contributed by atoms with Crippen LogP contribution in [0.1, 0.15) is 23.7 Å². The van der Waals surface area contributed by atoms with Gasteiger partial charge in [0.25, 0.3) is 0 Å². The molecule has 0 aromatic carbocycles. The van der Waals surface area contributed by atoms with Crippen molar-refractivity contribution in [3.05, 3.63) is 30.1 Å². The van der Waals surface area contributed by atoms with Crippen molar-refractivity contribution < 1.29 is 0 Å². The van der Waals surface area contributed by atoms with Crippen LogP contribution in [0.3, 0.4) is 0 Å². The Balaban J connectivity index is 2.03. The zero-order valence-electron chi connectivity index (χ0n) is 10.2. The van der Waals surface area contributed by atoms with Crippen molar-refractivity contribution in [1.82, 2.24) is 24.6 Å². The zero-order valence-corrected chi connectivity index (χ0v) is 10.2. The molecule has 5 nitrogen and oxygen atoms in total. The first kappa shape index (κ1) is 10.5. The summed E-state index contributed by atoms with van der Waals surface area (Å²) in [6.07, 6.45) is 7.09. The average Bonchev–Trinajstić information content (AvgIpc) is 2.97. The molecule has 0 aliphatic carbocycles. The molecule has 1 aliphatic heterocycles. The van der Waals surface area contributed by atoms with Gasteiger partial charge in [-0.3, -0.25) is 9.25 Å². The van der Waals surface area contributed by atoms with Gasteiger partial charge in [0.1, 0.15) is 0 Å². The largest absolute Gasteiger partial charge is 0.316 e. The van der Waals surface area contributed by atoms with E-state index in [0.717, 1.165) is 24.5 Å². The van der Waals surface area contributed by atoms with Gasteiger partial charge in [-0.1, -0.05) is 0 Å². The van der Waals surface area contributed by atoms with E-state index in [2.05, 4.69) is 20.0 Å². The first-order valence-electron chi connectivity index (χ1n) is 5.99. The summed E-state index contributed by atoms with van der Waals surface area (Å²) in [6, 6.07) is 0.